The summed E-state index contributed by atoms with van der Waals surface area (Å²) in [5.74, 6) is 0.358. The van der Waals surface area contributed by atoms with Gasteiger partial charge < -0.3 is 10.3 Å². The normalized spacial score (nSPS) is 11.8. The third kappa shape index (κ3) is 2.69. The van der Waals surface area contributed by atoms with E-state index in [0.717, 1.165) is 0 Å². The molecule has 0 radical (unpaired) electrons. The zero-order valence-corrected chi connectivity index (χ0v) is 12.4. The van der Waals surface area contributed by atoms with Crippen molar-refractivity contribution in [3.63, 3.8) is 0 Å². The lowest BCUT2D eigenvalue weighted by molar-refractivity contribution is 0.268. The first kappa shape index (κ1) is 14.1. The Balaban J connectivity index is 2.44. The molecule has 1 aromatic heterocycles. The van der Waals surface area contributed by atoms with E-state index in [9.17, 15) is 4.39 Å². The van der Waals surface area contributed by atoms with Gasteiger partial charge in [-0.25, -0.2) is 4.39 Å². The third-order valence-electron chi connectivity index (χ3n) is 3.28. The second-order valence-electron chi connectivity index (χ2n) is 4.41. The number of halogens is 2. The number of benzene rings is 1. The molecule has 0 bridgehead atoms. The zero-order valence-electron chi connectivity index (χ0n) is 10.8. The van der Waals surface area contributed by atoms with Gasteiger partial charge in [0.15, 0.2) is 0 Å². The summed E-state index contributed by atoms with van der Waals surface area (Å²) < 4.78 is 19.2. The van der Waals surface area contributed by atoms with Crippen LogP contribution in [0.15, 0.2) is 27.2 Å². The van der Waals surface area contributed by atoms with Crippen molar-refractivity contribution < 1.29 is 8.91 Å². The Morgan fingerprint density at radius 1 is 1.37 bits per heavy atom. The average molecular weight is 328 g/mol. The highest BCUT2D eigenvalue weighted by Gasteiger charge is 2.30. The first-order valence-electron chi connectivity index (χ1n) is 6.08. The summed E-state index contributed by atoms with van der Waals surface area (Å²) in [5.41, 5.74) is 6.11. The highest BCUT2D eigenvalue weighted by Crippen LogP contribution is 2.30. The number of nitrogens with zero attached hydrogens (tertiary/aromatic N) is 2. The Bertz CT molecular complexity index is 581. The fraction of sp³-hybridized carbons (Fsp3) is 0.385. The Kier molecular flexibility index (Phi) is 4.01. The van der Waals surface area contributed by atoms with Gasteiger partial charge in [-0.1, -0.05) is 34.9 Å². The molecule has 102 valence electrons. The number of nitrogens with two attached hydrogens (primary N) is 1. The van der Waals surface area contributed by atoms with Gasteiger partial charge in [-0.3, -0.25) is 0 Å². The second kappa shape index (κ2) is 5.38. The number of aromatic nitrogens is 2. The van der Waals surface area contributed by atoms with Gasteiger partial charge in [-0.05, 0) is 31.0 Å². The molecule has 0 aliphatic rings. The van der Waals surface area contributed by atoms with Crippen LogP contribution in [-0.2, 0) is 5.54 Å². The second-order valence-corrected chi connectivity index (χ2v) is 5.26. The van der Waals surface area contributed by atoms with Gasteiger partial charge in [-0.2, -0.15) is 4.98 Å². The van der Waals surface area contributed by atoms with Crippen LogP contribution in [0.1, 0.15) is 32.6 Å². The summed E-state index contributed by atoms with van der Waals surface area (Å²) in [6, 6.07) is 4.32. The summed E-state index contributed by atoms with van der Waals surface area (Å²) >= 11 is 3.34. The summed E-state index contributed by atoms with van der Waals surface area (Å²) in [6.07, 6.45) is 1.38. The largest absolute Gasteiger partial charge is 0.337 e. The fourth-order valence-corrected chi connectivity index (χ4v) is 2.18. The van der Waals surface area contributed by atoms with Crippen molar-refractivity contribution in [2.45, 2.75) is 32.2 Å². The average Bonchev–Trinajstić information content (AvgIpc) is 2.90. The van der Waals surface area contributed by atoms with E-state index in [4.69, 9.17) is 10.3 Å². The van der Waals surface area contributed by atoms with Crippen molar-refractivity contribution in [2.24, 2.45) is 5.73 Å². The van der Waals surface area contributed by atoms with Gasteiger partial charge >= 0.3 is 0 Å². The van der Waals surface area contributed by atoms with Gasteiger partial charge in [0.2, 0.25) is 11.7 Å². The predicted molar refractivity (Wildman–Crippen MR) is 73.8 cm³/mol. The minimum Gasteiger partial charge on any atom is -0.337 e. The third-order valence-corrected chi connectivity index (χ3v) is 3.97. The van der Waals surface area contributed by atoms with Crippen molar-refractivity contribution in [1.82, 2.24) is 10.1 Å². The Labute approximate surface area is 119 Å². The highest BCUT2D eigenvalue weighted by atomic mass is 79.9. The van der Waals surface area contributed by atoms with Crippen LogP contribution in [0.5, 0.6) is 0 Å². The molecule has 0 fully saturated rings. The van der Waals surface area contributed by atoms with E-state index in [1.54, 1.807) is 6.07 Å². The zero-order chi connectivity index (χ0) is 14.0. The fourth-order valence-electron chi connectivity index (χ4n) is 1.76. The number of hydrogen-bond acceptors (Lipinski definition) is 4. The van der Waals surface area contributed by atoms with E-state index in [1.807, 2.05) is 13.8 Å². The molecule has 0 unspecified atom stereocenters. The van der Waals surface area contributed by atoms with Gasteiger partial charge in [0.1, 0.15) is 5.82 Å². The van der Waals surface area contributed by atoms with Crippen LogP contribution < -0.4 is 5.73 Å². The molecule has 4 nitrogen and oxygen atoms in total. The predicted octanol–water partition coefficient (Wildman–Crippen LogP) is 3.61. The lowest BCUT2D eigenvalue weighted by Gasteiger charge is -2.20. The van der Waals surface area contributed by atoms with E-state index >= 15 is 0 Å². The molecule has 2 N–H and O–H groups in total. The summed E-state index contributed by atoms with van der Waals surface area (Å²) in [7, 11) is 0. The maximum Gasteiger partial charge on any atom is 0.247 e. The van der Waals surface area contributed by atoms with Crippen LogP contribution in [0.2, 0.25) is 0 Å². The highest BCUT2D eigenvalue weighted by molar-refractivity contribution is 9.10. The molecular formula is C13H15BrFN3O. The maximum absolute atomic E-state index is 13.3. The van der Waals surface area contributed by atoms with Crippen molar-refractivity contribution in [3.05, 3.63) is 34.4 Å². The number of hydrogen-bond donors (Lipinski definition) is 1. The molecule has 0 atom stereocenters. The van der Waals surface area contributed by atoms with Crippen LogP contribution >= 0.6 is 15.9 Å². The molecule has 0 amide bonds. The molecule has 1 heterocycles. The van der Waals surface area contributed by atoms with Gasteiger partial charge in [0.05, 0.1) is 5.54 Å². The van der Waals surface area contributed by atoms with Crippen LogP contribution in [-0.4, -0.2) is 10.1 Å². The summed E-state index contributed by atoms with van der Waals surface area (Å²) in [4.78, 5) is 4.30. The first-order chi connectivity index (χ1) is 9.00. The maximum atomic E-state index is 13.3. The van der Waals surface area contributed by atoms with Crippen molar-refractivity contribution >= 4 is 15.9 Å². The van der Waals surface area contributed by atoms with E-state index in [2.05, 4.69) is 26.1 Å². The lowest BCUT2D eigenvalue weighted by atomic mass is 9.94. The van der Waals surface area contributed by atoms with E-state index in [-0.39, 0.29) is 5.82 Å². The van der Waals surface area contributed by atoms with Gasteiger partial charge in [0, 0.05) is 10.0 Å². The van der Waals surface area contributed by atoms with Gasteiger partial charge in [-0.15, -0.1) is 0 Å². The van der Waals surface area contributed by atoms with E-state index in [0.29, 0.717) is 34.6 Å². The smallest absolute Gasteiger partial charge is 0.247 e. The topological polar surface area (TPSA) is 64.9 Å². The molecule has 0 saturated heterocycles. The Morgan fingerprint density at radius 2 is 2.05 bits per heavy atom. The van der Waals surface area contributed by atoms with Crippen LogP contribution in [0.25, 0.3) is 11.4 Å². The van der Waals surface area contributed by atoms with Crippen LogP contribution in [0, 0.1) is 5.82 Å². The molecule has 2 aromatic rings. The molecule has 0 saturated carbocycles. The SMILES string of the molecule is CCC(N)(CC)c1nc(-c2cc(F)ccc2Br)no1. The van der Waals surface area contributed by atoms with E-state index < -0.39 is 5.54 Å². The van der Waals surface area contributed by atoms with Crippen LogP contribution in [0.3, 0.4) is 0 Å². The first-order valence-corrected chi connectivity index (χ1v) is 6.88. The molecule has 6 heteroatoms. The minimum atomic E-state index is -0.634. The number of rotatable bonds is 4. The Morgan fingerprint density at radius 3 is 2.68 bits per heavy atom. The Hall–Kier alpha value is -1.27. The van der Waals surface area contributed by atoms with Gasteiger partial charge in [0.25, 0.3) is 0 Å². The standard InChI is InChI=1S/C13H15BrFN3O/c1-3-13(16,4-2)12-17-11(18-19-12)9-7-8(15)5-6-10(9)14/h5-7H,3-4,16H2,1-2H3. The molecule has 19 heavy (non-hydrogen) atoms. The minimum absolute atomic E-state index is 0.332. The monoisotopic (exact) mass is 327 g/mol. The van der Waals surface area contributed by atoms with Crippen molar-refractivity contribution in [1.29, 1.82) is 0 Å². The molecule has 0 aliphatic carbocycles. The quantitative estimate of drug-likeness (QED) is 0.931. The molecule has 2 rings (SSSR count). The van der Waals surface area contributed by atoms with Crippen molar-refractivity contribution in [2.75, 3.05) is 0 Å². The summed E-state index contributed by atoms with van der Waals surface area (Å²) in [6.45, 7) is 3.93. The summed E-state index contributed by atoms with van der Waals surface area (Å²) in [5, 5.41) is 3.89. The molecule has 0 spiro atoms. The molecule has 0 aliphatic heterocycles. The van der Waals surface area contributed by atoms with Crippen LogP contribution in [0.4, 0.5) is 4.39 Å². The van der Waals surface area contributed by atoms with E-state index in [1.165, 1.54) is 12.1 Å². The van der Waals surface area contributed by atoms with Crippen molar-refractivity contribution in [3.8, 4) is 11.4 Å². The molecule has 1 aromatic carbocycles. The molecular weight excluding hydrogens is 313 g/mol. The lowest BCUT2D eigenvalue weighted by Crippen LogP contribution is -2.35.